The summed E-state index contributed by atoms with van der Waals surface area (Å²) in [5.41, 5.74) is 3.51. The Kier molecular flexibility index (Phi) is 4.70. The molecule has 0 aromatic heterocycles. The third kappa shape index (κ3) is 3.63. The molecule has 0 aliphatic heterocycles. The Morgan fingerprint density at radius 3 is 2.26 bits per heavy atom. The van der Waals surface area contributed by atoms with Crippen molar-refractivity contribution in [3.63, 3.8) is 0 Å². The van der Waals surface area contributed by atoms with Crippen LogP contribution >= 0.6 is 0 Å². The van der Waals surface area contributed by atoms with Crippen molar-refractivity contribution in [1.82, 2.24) is 0 Å². The Balaban J connectivity index is 1.93. The molecule has 3 nitrogen and oxygen atoms in total. The van der Waals surface area contributed by atoms with Gasteiger partial charge in [-0.1, -0.05) is 0 Å². The van der Waals surface area contributed by atoms with Gasteiger partial charge in [-0.2, -0.15) is 0 Å². The van der Waals surface area contributed by atoms with Crippen molar-refractivity contribution in [1.29, 1.82) is 0 Å². The van der Waals surface area contributed by atoms with Gasteiger partial charge in [-0.3, -0.25) is 0 Å². The van der Waals surface area contributed by atoms with Gasteiger partial charge >= 0.3 is 0 Å². The normalized spacial score (nSPS) is 23.2. The first-order valence-corrected chi connectivity index (χ1v) is 7.17. The standard InChI is InChI=1S/C16H25NO2/c1-11-8-14(9-12(2)16(11)19-3)17-10-13-4-6-15(18)7-5-13/h8-9,13,15,17-18H,4-7,10H2,1-3H3. The molecule has 1 aromatic carbocycles. The number of hydrogen-bond donors (Lipinski definition) is 2. The average Bonchev–Trinajstić information content (AvgIpc) is 2.38. The first-order chi connectivity index (χ1) is 9.10. The van der Waals surface area contributed by atoms with Crippen LogP contribution in [0.4, 0.5) is 5.69 Å². The van der Waals surface area contributed by atoms with E-state index in [9.17, 15) is 5.11 Å². The molecule has 0 bridgehead atoms. The van der Waals surface area contributed by atoms with E-state index in [1.165, 1.54) is 16.8 Å². The largest absolute Gasteiger partial charge is 0.496 e. The molecule has 1 aliphatic carbocycles. The van der Waals surface area contributed by atoms with Crippen LogP contribution in [0.2, 0.25) is 0 Å². The quantitative estimate of drug-likeness (QED) is 0.876. The number of aliphatic hydroxyl groups is 1. The molecule has 106 valence electrons. The smallest absolute Gasteiger partial charge is 0.124 e. The molecule has 0 heterocycles. The van der Waals surface area contributed by atoms with Gasteiger partial charge in [-0.05, 0) is 68.7 Å². The lowest BCUT2D eigenvalue weighted by Crippen LogP contribution is -2.23. The van der Waals surface area contributed by atoms with E-state index in [2.05, 4.69) is 31.3 Å². The monoisotopic (exact) mass is 263 g/mol. The molecule has 2 rings (SSSR count). The van der Waals surface area contributed by atoms with Gasteiger partial charge in [0, 0.05) is 12.2 Å². The zero-order valence-electron chi connectivity index (χ0n) is 12.2. The molecule has 0 amide bonds. The van der Waals surface area contributed by atoms with Crippen molar-refractivity contribution in [3.05, 3.63) is 23.3 Å². The van der Waals surface area contributed by atoms with E-state index in [0.717, 1.165) is 38.0 Å². The molecule has 2 N–H and O–H groups in total. The second kappa shape index (κ2) is 6.29. The first-order valence-electron chi connectivity index (χ1n) is 7.17. The molecule has 3 heteroatoms. The number of methoxy groups -OCH3 is 1. The number of aryl methyl sites for hydroxylation is 2. The molecular formula is C16H25NO2. The van der Waals surface area contributed by atoms with Crippen LogP contribution in [0.15, 0.2) is 12.1 Å². The third-order valence-electron chi connectivity index (χ3n) is 4.08. The molecular weight excluding hydrogens is 238 g/mol. The summed E-state index contributed by atoms with van der Waals surface area (Å²) in [6.07, 6.45) is 4.09. The number of ether oxygens (including phenoxy) is 1. The molecule has 0 atom stereocenters. The SMILES string of the molecule is COc1c(C)cc(NCC2CCC(O)CC2)cc1C. The van der Waals surface area contributed by atoms with E-state index in [4.69, 9.17) is 4.74 Å². The van der Waals surface area contributed by atoms with E-state index < -0.39 is 0 Å². The van der Waals surface area contributed by atoms with Gasteiger partial charge in [0.2, 0.25) is 0 Å². The Morgan fingerprint density at radius 2 is 1.74 bits per heavy atom. The van der Waals surface area contributed by atoms with Gasteiger partial charge in [0.1, 0.15) is 5.75 Å². The summed E-state index contributed by atoms with van der Waals surface area (Å²) >= 11 is 0. The number of nitrogens with one attached hydrogen (secondary N) is 1. The zero-order valence-corrected chi connectivity index (χ0v) is 12.2. The van der Waals surface area contributed by atoms with E-state index in [-0.39, 0.29) is 6.10 Å². The van der Waals surface area contributed by atoms with Crippen molar-refractivity contribution in [3.8, 4) is 5.75 Å². The van der Waals surface area contributed by atoms with E-state index >= 15 is 0 Å². The lowest BCUT2D eigenvalue weighted by molar-refractivity contribution is 0.111. The van der Waals surface area contributed by atoms with Crippen molar-refractivity contribution >= 4 is 5.69 Å². The Labute approximate surface area is 116 Å². The summed E-state index contributed by atoms with van der Waals surface area (Å²) < 4.78 is 5.38. The molecule has 1 aromatic rings. The van der Waals surface area contributed by atoms with Gasteiger partial charge in [-0.15, -0.1) is 0 Å². The fourth-order valence-electron chi connectivity index (χ4n) is 2.99. The highest BCUT2D eigenvalue weighted by Gasteiger charge is 2.19. The second-order valence-electron chi connectivity index (χ2n) is 5.70. The number of rotatable bonds is 4. The Morgan fingerprint density at radius 1 is 1.16 bits per heavy atom. The van der Waals surface area contributed by atoms with Crippen molar-refractivity contribution < 1.29 is 9.84 Å². The van der Waals surface area contributed by atoms with Crippen LogP contribution in [0.25, 0.3) is 0 Å². The highest BCUT2D eigenvalue weighted by atomic mass is 16.5. The van der Waals surface area contributed by atoms with Crippen molar-refractivity contribution in [2.75, 3.05) is 19.0 Å². The van der Waals surface area contributed by atoms with Gasteiger partial charge in [-0.25, -0.2) is 0 Å². The topological polar surface area (TPSA) is 41.5 Å². The number of anilines is 1. The molecule has 0 radical (unpaired) electrons. The summed E-state index contributed by atoms with van der Waals surface area (Å²) in [5, 5.41) is 13.0. The lowest BCUT2D eigenvalue weighted by atomic mass is 9.87. The fraction of sp³-hybridized carbons (Fsp3) is 0.625. The summed E-state index contributed by atoms with van der Waals surface area (Å²) in [6, 6.07) is 4.28. The van der Waals surface area contributed by atoms with E-state index in [0.29, 0.717) is 5.92 Å². The third-order valence-corrected chi connectivity index (χ3v) is 4.08. The molecule has 0 spiro atoms. The predicted octanol–water partition coefficient (Wildman–Crippen LogP) is 3.28. The van der Waals surface area contributed by atoms with Crippen LogP contribution in [-0.2, 0) is 0 Å². The lowest BCUT2D eigenvalue weighted by Gasteiger charge is -2.26. The van der Waals surface area contributed by atoms with Gasteiger partial charge < -0.3 is 15.2 Å². The van der Waals surface area contributed by atoms with Crippen LogP contribution in [0.1, 0.15) is 36.8 Å². The maximum absolute atomic E-state index is 9.51. The summed E-state index contributed by atoms with van der Waals surface area (Å²) in [5.74, 6) is 1.66. The number of benzene rings is 1. The maximum Gasteiger partial charge on any atom is 0.124 e. The van der Waals surface area contributed by atoms with Crippen molar-refractivity contribution in [2.45, 2.75) is 45.6 Å². The van der Waals surface area contributed by atoms with E-state index in [1.807, 2.05) is 0 Å². The molecule has 0 saturated heterocycles. The van der Waals surface area contributed by atoms with Crippen LogP contribution in [-0.4, -0.2) is 24.9 Å². The molecule has 1 aliphatic rings. The Bertz CT molecular complexity index is 400. The highest BCUT2D eigenvalue weighted by Crippen LogP contribution is 2.28. The molecule has 19 heavy (non-hydrogen) atoms. The van der Waals surface area contributed by atoms with Gasteiger partial charge in [0.05, 0.1) is 13.2 Å². The second-order valence-corrected chi connectivity index (χ2v) is 5.70. The van der Waals surface area contributed by atoms with Crippen LogP contribution < -0.4 is 10.1 Å². The van der Waals surface area contributed by atoms with Gasteiger partial charge in [0.15, 0.2) is 0 Å². The molecule has 1 fully saturated rings. The number of aliphatic hydroxyl groups excluding tert-OH is 1. The Hall–Kier alpha value is -1.22. The van der Waals surface area contributed by atoms with Crippen molar-refractivity contribution in [2.24, 2.45) is 5.92 Å². The number of hydrogen-bond acceptors (Lipinski definition) is 3. The zero-order chi connectivity index (χ0) is 13.8. The minimum atomic E-state index is -0.0678. The fourth-order valence-corrected chi connectivity index (χ4v) is 2.99. The van der Waals surface area contributed by atoms with Crippen LogP contribution in [0.3, 0.4) is 0 Å². The summed E-state index contributed by atoms with van der Waals surface area (Å²) in [7, 11) is 1.72. The highest BCUT2D eigenvalue weighted by molar-refractivity contribution is 5.55. The minimum Gasteiger partial charge on any atom is -0.496 e. The summed E-state index contributed by atoms with van der Waals surface area (Å²) in [6.45, 7) is 5.15. The van der Waals surface area contributed by atoms with Crippen LogP contribution in [0, 0.1) is 19.8 Å². The van der Waals surface area contributed by atoms with Crippen LogP contribution in [0.5, 0.6) is 5.75 Å². The predicted molar refractivity (Wildman–Crippen MR) is 78.9 cm³/mol. The summed E-state index contributed by atoms with van der Waals surface area (Å²) in [4.78, 5) is 0. The molecule has 1 saturated carbocycles. The first kappa shape index (κ1) is 14.2. The maximum atomic E-state index is 9.51. The minimum absolute atomic E-state index is 0.0678. The molecule has 0 unspecified atom stereocenters. The van der Waals surface area contributed by atoms with E-state index in [1.54, 1.807) is 7.11 Å². The average molecular weight is 263 g/mol. The van der Waals surface area contributed by atoms with Gasteiger partial charge in [0.25, 0.3) is 0 Å².